The van der Waals surface area contributed by atoms with Crippen LogP contribution in [-0.4, -0.2) is 32.0 Å². The van der Waals surface area contributed by atoms with Crippen LogP contribution in [0.5, 0.6) is 0 Å². The monoisotopic (exact) mass is 456 g/mol. The van der Waals surface area contributed by atoms with Crippen molar-refractivity contribution in [1.82, 2.24) is 20.2 Å². The molecule has 12 heteroatoms. The van der Waals surface area contributed by atoms with Gasteiger partial charge in [0.25, 0.3) is 11.8 Å². The maximum absolute atomic E-state index is 13.7. The molecule has 0 aliphatic carbocycles. The molecular weight excluding hydrogens is 441 g/mol. The largest absolute Gasteiger partial charge is 0.459 e. The maximum atomic E-state index is 13.7. The smallest absolute Gasteiger partial charge is 0.418 e. The van der Waals surface area contributed by atoms with Gasteiger partial charge in [0.1, 0.15) is 6.33 Å². The Labute approximate surface area is 184 Å². The molecular formula is C21H15F3N6O3. The second-order valence-corrected chi connectivity index (χ2v) is 6.90. The molecule has 4 rings (SSSR count). The number of carbonyl (C=O) groups excluding carboxylic acids is 2. The van der Waals surface area contributed by atoms with Crippen molar-refractivity contribution in [1.29, 1.82) is 0 Å². The fourth-order valence-corrected chi connectivity index (χ4v) is 3.09. The van der Waals surface area contributed by atoms with E-state index >= 15 is 0 Å². The molecule has 0 bridgehead atoms. The SMILES string of the molecule is Cc1cc(C(=O)Nc2ccc(NC(=O)c3ccco3)cc2C(F)(F)F)ccc1-n1cnnn1. The Hall–Kier alpha value is -4.48. The number of nitrogens with zero attached hydrogens (tertiary/aromatic N) is 4. The Kier molecular flexibility index (Phi) is 5.65. The van der Waals surface area contributed by atoms with Crippen molar-refractivity contribution in [2.45, 2.75) is 13.1 Å². The average Bonchev–Trinajstić information content (AvgIpc) is 3.48. The number of hydrogen-bond acceptors (Lipinski definition) is 6. The van der Waals surface area contributed by atoms with Gasteiger partial charge < -0.3 is 15.1 Å². The highest BCUT2D eigenvalue weighted by atomic mass is 19.4. The minimum atomic E-state index is -4.78. The lowest BCUT2D eigenvalue weighted by Crippen LogP contribution is -2.18. The highest BCUT2D eigenvalue weighted by molar-refractivity contribution is 6.05. The number of amides is 2. The number of aryl methyl sites for hydroxylation is 1. The molecule has 168 valence electrons. The number of rotatable bonds is 5. The zero-order chi connectivity index (χ0) is 23.6. The Morgan fingerprint density at radius 2 is 1.85 bits per heavy atom. The van der Waals surface area contributed by atoms with Gasteiger partial charge in [0, 0.05) is 11.3 Å². The molecule has 0 aliphatic heterocycles. The van der Waals surface area contributed by atoms with E-state index in [4.69, 9.17) is 4.42 Å². The molecule has 0 fully saturated rings. The van der Waals surface area contributed by atoms with Crippen LogP contribution >= 0.6 is 0 Å². The molecule has 9 nitrogen and oxygen atoms in total. The fraction of sp³-hybridized carbons (Fsp3) is 0.0952. The summed E-state index contributed by atoms with van der Waals surface area (Å²) in [5.74, 6) is -1.50. The number of furan rings is 1. The molecule has 0 spiro atoms. The Morgan fingerprint density at radius 3 is 2.48 bits per heavy atom. The summed E-state index contributed by atoms with van der Waals surface area (Å²) in [4.78, 5) is 24.7. The molecule has 0 saturated heterocycles. The number of anilines is 2. The fourth-order valence-electron chi connectivity index (χ4n) is 3.09. The second kappa shape index (κ2) is 8.57. The van der Waals surface area contributed by atoms with Gasteiger partial charge in [-0.2, -0.15) is 13.2 Å². The van der Waals surface area contributed by atoms with Gasteiger partial charge in [0.2, 0.25) is 0 Å². The summed E-state index contributed by atoms with van der Waals surface area (Å²) in [6, 6.07) is 10.5. The van der Waals surface area contributed by atoms with E-state index in [1.54, 1.807) is 13.0 Å². The predicted molar refractivity (Wildman–Crippen MR) is 110 cm³/mol. The Bertz CT molecular complexity index is 1300. The number of nitrogens with one attached hydrogen (secondary N) is 2. The van der Waals surface area contributed by atoms with E-state index < -0.39 is 29.2 Å². The van der Waals surface area contributed by atoms with Crippen LogP contribution in [0.15, 0.2) is 65.5 Å². The molecule has 0 aliphatic rings. The zero-order valence-corrected chi connectivity index (χ0v) is 16.9. The maximum Gasteiger partial charge on any atom is 0.418 e. The van der Waals surface area contributed by atoms with Crippen LogP contribution in [-0.2, 0) is 6.18 Å². The van der Waals surface area contributed by atoms with Gasteiger partial charge in [0.15, 0.2) is 5.76 Å². The van der Waals surface area contributed by atoms with Crippen molar-refractivity contribution < 1.29 is 27.2 Å². The molecule has 0 unspecified atom stereocenters. The highest BCUT2D eigenvalue weighted by Gasteiger charge is 2.34. The lowest BCUT2D eigenvalue weighted by atomic mass is 10.1. The third kappa shape index (κ3) is 4.74. The van der Waals surface area contributed by atoms with Crippen molar-refractivity contribution in [2.75, 3.05) is 10.6 Å². The summed E-state index contributed by atoms with van der Waals surface area (Å²) in [7, 11) is 0. The van der Waals surface area contributed by atoms with Crippen molar-refractivity contribution in [2.24, 2.45) is 0 Å². The number of aromatic nitrogens is 4. The first kappa shape index (κ1) is 21.7. The van der Waals surface area contributed by atoms with Crippen molar-refractivity contribution in [3.05, 3.63) is 83.6 Å². The Morgan fingerprint density at radius 1 is 1.03 bits per heavy atom. The van der Waals surface area contributed by atoms with Crippen LogP contribution in [0.1, 0.15) is 32.0 Å². The molecule has 2 N–H and O–H groups in total. The van der Waals surface area contributed by atoms with Crippen LogP contribution < -0.4 is 10.6 Å². The minimum absolute atomic E-state index is 0.0542. The molecule has 0 saturated carbocycles. The summed E-state index contributed by atoms with van der Waals surface area (Å²) in [5, 5.41) is 15.5. The van der Waals surface area contributed by atoms with E-state index in [0.717, 1.165) is 12.1 Å². The topological polar surface area (TPSA) is 115 Å². The van der Waals surface area contributed by atoms with Crippen LogP contribution in [0.25, 0.3) is 5.69 Å². The van der Waals surface area contributed by atoms with Gasteiger partial charge in [-0.15, -0.1) is 5.10 Å². The zero-order valence-electron chi connectivity index (χ0n) is 16.9. The van der Waals surface area contributed by atoms with Crippen LogP contribution in [0.4, 0.5) is 24.5 Å². The van der Waals surface area contributed by atoms with Crippen LogP contribution in [0.2, 0.25) is 0 Å². The molecule has 2 aromatic carbocycles. The second-order valence-electron chi connectivity index (χ2n) is 6.90. The van der Waals surface area contributed by atoms with Gasteiger partial charge in [-0.3, -0.25) is 9.59 Å². The third-order valence-electron chi connectivity index (χ3n) is 4.63. The van der Waals surface area contributed by atoms with Gasteiger partial charge in [-0.05, 0) is 71.4 Å². The summed E-state index contributed by atoms with van der Waals surface area (Å²) < 4.78 is 47.3. The number of halogens is 3. The molecule has 2 amide bonds. The molecule has 4 aromatic rings. The van der Waals surface area contributed by atoms with Crippen molar-refractivity contribution in [3.63, 3.8) is 0 Å². The minimum Gasteiger partial charge on any atom is -0.459 e. The Balaban J connectivity index is 1.57. The van der Waals surface area contributed by atoms with Gasteiger partial charge in [-0.1, -0.05) is 0 Å². The summed E-state index contributed by atoms with van der Waals surface area (Å²) in [6.07, 6.45) is -2.14. The van der Waals surface area contributed by atoms with E-state index in [2.05, 4.69) is 26.2 Å². The average molecular weight is 456 g/mol. The van der Waals surface area contributed by atoms with Crippen LogP contribution in [0, 0.1) is 6.92 Å². The first-order valence-corrected chi connectivity index (χ1v) is 9.44. The van der Waals surface area contributed by atoms with Gasteiger partial charge in [-0.25, -0.2) is 4.68 Å². The molecule has 2 heterocycles. The molecule has 0 radical (unpaired) electrons. The van der Waals surface area contributed by atoms with Crippen molar-refractivity contribution in [3.8, 4) is 5.69 Å². The molecule has 2 aromatic heterocycles. The number of alkyl halides is 3. The molecule has 0 atom stereocenters. The van der Waals surface area contributed by atoms with E-state index in [1.807, 2.05) is 0 Å². The normalized spacial score (nSPS) is 11.3. The standard InChI is InChI=1S/C21H15F3N6O3/c1-12-9-13(4-7-17(12)30-11-25-28-29-30)19(31)27-16-6-5-14(10-15(16)21(22,23)24)26-20(32)18-3-2-8-33-18/h2-11H,1H3,(H,26,32)(H,27,31). The first-order chi connectivity index (χ1) is 15.7. The highest BCUT2D eigenvalue weighted by Crippen LogP contribution is 2.37. The summed E-state index contributed by atoms with van der Waals surface area (Å²) >= 11 is 0. The quantitative estimate of drug-likeness (QED) is 0.468. The third-order valence-corrected chi connectivity index (χ3v) is 4.63. The lowest BCUT2D eigenvalue weighted by molar-refractivity contribution is -0.136. The summed E-state index contributed by atoms with van der Waals surface area (Å²) in [6.45, 7) is 1.71. The molecule has 33 heavy (non-hydrogen) atoms. The van der Waals surface area contributed by atoms with Gasteiger partial charge >= 0.3 is 6.18 Å². The number of benzene rings is 2. The van der Waals surface area contributed by atoms with E-state index in [-0.39, 0.29) is 17.0 Å². The van der Waals surface area contributed by atoms with E-state index in [0.29, 0.717) is 11.3 Å². The van der Waals surface area contributed by atoms with Crippen LogP contribution in [0.3, 0.4) is 0 Å². The number of carbonyl (C=O) groups is 2. The lowest BCUT2D eigenvalue weighted by Gasteiger charge is -2.16. The van der Waals surface area contributed by atoms with E-state index in [9.17, 15) is 22.8 Å². The first-order valence-electron chi connectivity index (χ1n) is 9.44. The van der Waals surface area contributed by atoms with Crippen molar-refractivity contribution >= 4 is 23.2 Å². The van der Waals surface area contributed by atoms with Gasteiger partial charge in [0.05, 0.1) is 23.2 Å². The predicted octanol–water partition coefficient (Wildman–Crippen LogP) is 4.09. The summed E-state index contributed by atoms with van der Waals surface area (Å²) in [5.41, 5.74) is -0.275. The number of hydrogen-bond donors (Lipinski definition) is 2. The number of tetrazole rings is 1. The van der Waals surface area contributed by atoms with E-state index in [1.165, 1.54) is 47.6 Å².